The van der Waals surface area contributed by atoms with Gasteiger partial charge in [0, 0.05) is 47.9 Å². The van der Waals surface area contributed by atoms with Gasteiger partial charge in [0.2, 0.25) is 5.95 Å². The van der Waals surface area contributed by atoms with E-state index in [1.54, 1.807) is 23.0 Å². The van der Waals surface area contributed by atoms with Crippen LogP contribution in [0, 0.1) is 0 Å². The Hall–Kier alpha value is -6.35. The molecule has 0 radical (unpaired) electrons. The molecule has 6 aromatic rings. The first kappa shape index (κ1) is 46.2. The van der Waals surface area contributed by atoms with Gasteiger partial charge in [0.05, 0.1) is 6.33 Å². The van der Waals surface area contributed by atoms with Crippen molar-refractivity contribution in [3.8, 4) is 5.75 Å². The Morgan fingerprint density at radius 2 is 1.42 bits per heavy atom. The Labute approximate surface area is 386 Å². The second kappa shape index (κ2) is 18.5. The molecule has 14 nitrogen and oxygen atoms in total. The molecule has 0 saturated carbocycles. The molecule has 4 aromatic carbocycles. The van der Waals surface area contributed by atoms with E-state index >= 15 is 0 Å². The molecule has 0 bridgehead atoms. The molecule has 8 rings (SSSR count). The number of benzene rings is 4. The summed E-state index contributed by atoms with van der Waals surface area (Å²) in [6.07, 6.45) is -0.619. The van der Waals surface area contributed by atoms with Crippen LogP contribution in [0.5, 0.6) is 5.75 Å². The zero-order valence-corrected chi connectivity index (χ0v) is 39.3. The fourth-order valence-corrected chi connectivity index (χ4v) is 8.77. The number of carbonyl (C=O) groups is 2. The standard InChI is InChI=1S/C52H62N8O6/c1-10-53-47(63)42-41-43(66-52(8,9)65-41)48(64-42)60-30-56-39-44(55-29-36(32-17-13-11-14-18-32)33-19-15-12-16-20-33)58-49(59-45(39)60)54-26-25-31-21-23-35(24-22-31)57-46(62)34-27-37(50(2,3)4)40(61)38(28-34)51(5,6)7/h11-24,27-28,30,36,41-43,48,61H,10,25-26,29H2,1-9H3,(H,53,63)(H,57,62)(H2,54,55,58,59)/t41-,42+,43-,48-/m1/s1. The molecule has 0 spiro atoms. The molecular weight excluding hydrogens is 833 g/mol. The van der Waals surface area contributed by atoms with Crippen LogP contribution < -0.4 is 21.3 Å². The highest BCUT2D eigenvalue weighted by molar-refractivity contribution is 6.04. The van der Waals surface area contributed by atoms with Crippen LogP contribution in [0.4, 0.5) is 17.5 Å². The van der Waals surface area contributed by atoms with Crippen molar-refractivity contribution in [2.45, 2.75) is 116 Å². The zero-order valence-electron chi connectivity index (χ0n) is 39.3. The van der Waals surface area contributed by atoms with E-state index in [1.807, 2.05) is 123 Å². The van der Waals surface area contributed by atoms with Gasteiger partial charge < -0.3 is 40.6 Å². The lowest BCUT2D eigenvalue weighted by Crippen LogP contribution is -2.42. The number of phenols is 1. The number of amides is 2. The Morgan fingerprint density at radius 3 is 2.02 bits per heavy atom. The first-order valence-electron chi connectivity index (χ1n) is 22.8. The molecule has 2 saturated heterocycles. The highest BCUT2D eigenvalue weighted by atomic mass is 16.8. The second-order valence-electron chi connectivity index (χ2n) is 19.6. The number of hydrogen-bond donors (Lipinski definition) is 5. The number of phenolic OH excluding ortho intramolecular Hbond substituents is 1. The molecule has 0 aliphatic carbocycles. The summed E-state index contributed by atoms with van der Waals surface area (Å²) in [4.78, 5) is 41.7. The van der Waals surface area contributed by atoms with E-state index in [-0.39, 0.29) is 34.3 Å². The van der Waals surface area contributed by atoms with Crippen molar-refractivity contribution >= 4 is 40.4 Å². The number of aromatic nitrogens is 4. The number of rotatable bonds is 14. The number of fused-ring (bicyclic) bond motifs is 2. The van der Waals surface area contributed by atoms with Gasteiger partial charge in [-0.1, -0.05) is 114 Å². The molecule has 2 aliphatic rings. The monoisotopic (exact) mass is 894 g/mol. The van der Waals surface area contributed by atoms with Crippen LogP contribution in [-0.4, -0.2) is 80.2 Å². The third kappa shape index (κ3) is 9.91. The number of aromatic hydroxyl groups is 1. The van der Waals surface area contributed by atoms with Crippen LogP contribution in [0.2, 0.25) is 0 Å². The van der Waals surface area contributed by atoms with Crippen molar-refractivity contribution in [2.75, 3.05) is 35.6 Å². The number of nitrogens with one attached hydrogen (secondary N) is 4. The summed E-state index contributed by atoms with van der Waals surface area (Å²) in [7, 11) is 0. The third-order valence-corrected chi connectivity index (χ3v) is 12.1. The predicted octanol–water partition coefficient (Wildman–Crippen LogP) is 8.83. The van der Waals surface area contributed by atoms with Gasteiger partial charge in [0.25, 0.3) is 11.8 Å². The number of ether oxygens (including phenoxy) is 3. The molecule has 66 heavy (non-hydrogen) atoms. The van der Waals surface area contributed by atoms with E-state index < -0.39 is 30.3 Å². The van der Waals surface area contributed by atoms with Gasteiger partial charge in [-0.15, -0.1) is 0 Å². The predicted molar refractivity (Wildman–Crippen MR) is 257 cm³/mol. The number of imidazole rings is 1. The topological polar surface area (TPSA) is 174 Å². The minimum absolute atomic E-state index is 0.00899. The number of carbonyl (C=O) groups excluding carboxylic acids is 2. The highest BCUT2D eigenvalue weighted by Gasteiger charge is 2.58. The van der Waals surface area contributed by atoms with Crippen molar-refractivity contribution in [3.63, 3.8) is 0 Å². The summed E-state index contributed by atoms with van der Waals surface area (Å²) in [5.41, 5.74) is 6.28. The van der Waals surface area contributed by atoms with Gasteiger partial charge in [-0.05, 0) is 79.0 Å². The lowest BCUT2D eigenvalue weighted by molar-refractivity contribution is -0.197. The maximum absolute atomic E-state index is 13.6. The van der Waals surface area contributed by atoms with Gasteiger partial charge in [0.1, 0.15) is 18.0 Å². The largest absolute Gasteiger partial charge is 0.507 e. The SMILES string of the molecule is CCNC(=O)[C@H]1O[C@@H](n2cnc3c(NCC(c4ccccc4)c4ccccc4)nc(NCCc4ccc(NC(=O)c5cc(C(C)(C)C)c(O)c(C(C)(C)C)c5)cc4)nc32)[C@@H]2OC(C)(C)O[C@@H]21. The molecule has 2 fully saturated rings. The van der Waals surface area contributed by atoms with E-state index in [0.29, 0.717) is 60.2 Å². The summed E-state index contributed by atoms with van der Waals surface area (Å²) >= 11 is 0. The summed E-state index contributed by atoms with van der Waals surface area (Å²) in [5.74, 6) is -0.292. The fourth-order valence-electron chi connectivity index (χ4n) is 8.77. The van der Waals surface area contributed by atoms with Gasteiger partial charge in [-0.3, -0.25) is 14.2 Å². The minimum Gasteiger partial charge on any atom is -0.507 e. The van der Waals surface area contributed by atoms with Crippen molar-refractivity contribution < 1.29 is 28.9 Å². The summed E-state index contributed by atoms with van der Waals surface area (Å²) in [6, 6.07) is 32.0. The van der Waals surface area contributed by atoms with E-state index in [0.717, 1.165) is 27.8 Å². The summed E-state index contributed by atoms with van der Waals surface area (Å²) < 4.78 is 20.9. The first-order valence-corrected chi connectivity index (χ1v) is 22.8. The maximum Gasteiger partial charge on any atom is 0.255 e. The second-order valence-corrected chi connectivity index (χ2v) is 19.6. The molecule has 14 heteroatoms. The van der Waals surface area contributed by atoms with E-state index in [1.165, 1.54) is 0 Å². The van der Waals surface area contributed by atoms with Gasteiger partial charge >= 0.3 is 0 Å². The third-order valence-electron chi connectivity index (χ3n) is 12.1. The van der Waals surface area contributed by atoms with Crippen LogP contribution >= 0.6 is 0 Å². The highest BCUT2D eigenvalue weighted by Crippen LogP contribution is 2.44. The van der Waals surface area contributed by atoms with Crippen LogP contribution in [-0.2, 0) is 36.3 Å². The van der Waals surface area contributed by atoms with E-state index in [2.05, 4.69) is 45.5 Å². The van der Waals surface area contributed by atoms with Crippen molar-refractivity contribution in [3.05, 3.63) is 137 Å². The molecule has 2 aliphatic heterocycles. The minimum atomic E-state index is -0.931. The lowest BCUT2D eigenvalue weighted by Gasteiger charge is -2.28. The quantitative estimate of drug-likeness (QED) is 0.0707. The van der Waals surface area contributed by atoms with Gasteiger partial charge in [0.15, 0.2) is 35.1 Å². The van der Waals surface area contributed by atoms with E-state index in [9.17, 15) is 14.7 Å². The number of hydrogen-bond acceptors (Lipinski definition) is 11. The molecule has 4 atom stereocenters. The molecule has 2 aromatic heterocycles. The molecule has 4 heterocycles. The van der Waals surface area contributed by atoms with Gasteiger partial charge in [-0.25, -0.2) is 4.98 Å². The Kier molecular flexibility index (Phi) is 12.9. The normalized spacial score (nSPS) is 19.2. The maximum atomic E-state index is 13.6. The zero-order chi connectivity index (χ0) is 47.0. The smallest absolute Gasteiger partial charge is 0.255 e. The summed E-state index contributed by atoms with van der Waals surface area (Å²) in [5, 5.41) is 24.2. The van der Waals surface area contributed by atoms with E-state index in [4.69, 9.17) is 29.2 Å². The van der Waals surface area contributed by atoms with Gasteiger partial charge in [-0.2, -0.15) is 9.97 Å². The molecule has 2 amide bonds. The summed E-state index contributed by atoms with van der Waals surface area (Å²) in [6.45, 7) is 19.2. The number of nitrogens with zero attached hydrogens (tertiary/aromatic N) is 4. The molecule has 346 valence electrons. The Morgan fingerprint density at radius 1 is 0.818 bits per heavy atom. The first-order chi connectivity index (χ1) is 31.4. The molecule has 5 N–H and O–H groups in total. The fraction of sp³-hybridized carbons (Fsp3) is 0.404. The average molecular weight is 895 g/mol. The van der Waals surface area contributed by atoms with Crippen LogP contribution in [0.3, 0.4) is 0 Å². The van der Waals surface area contributed by atoms with Crippen molar-refractivity contribution in [1.29, 1.82) is 0 Å². The average Bonchev–Trinajstić information content (AvgIpc) is 3.94. The Balaban J connectivity index is 1.04. The van der Waals surface area contributed by atoms with Crippen molar-refractivity contribution in [1.82, 2.24) is 24.8 Å². The van der Waals surface area contributed by atoms with Crippen LogP contribution in [0.15, 0.2) is 103 Å². The van der Waals surface area contributed by atoms with Crippen LogP contribution in [0.25, 0.3) is 11.2 Å². The lowest BCUT2D eigenvalue weighted by atomic mass is 9.78. The number of likely N-dealkylation sites (N-methyl/N-ethyl adjacent to an activating group) is 1. The number of anilines is 3. The molecular formula is C52H62N8O6. The molecule has 0 unspecified atom stereocenters. The Bertz CT molecular complexity index is 2600. The van der Waals surface area contributed by atoms with Crippen molar-refractivity contribution in [2.24, 2.45) is 0 Å². The van der Waals surface area contributed by atoms with Crippen LogP contribution in [0.1, 0.15) is 113 Å².